The second-order valence-corrected chi connectivity index (χ2v) is 12.6. The molecule has 0 aliphatic carbocycles. The zero-order valence-corrected chi connectivity index (χ0v) is 27.1. The summed E-state index contributed by atoms with van der Waals surface area (Å²) >= 11 is 19.5. The number of amides is 2. The molecule has 2 saturated heterocycles. The molecule has 2 fully saturated rings. The van der Waals surface area contributed by atoms with Gasteiger partial charge in [-0.2, -0.15) is 0 Å². The molecule has 3 aromatic carbocycles. The first kappa shape index (κ1) is 32.9. The predicted molar refractivity (Wildman–Crippen MR) is 181 cm³/mol. The van der Waals surface area contributed by atoms with Crippen LogP contribution in [-0.2, 0) is 14.3 Å². The number of nitrogens with zero attached hydrogens (tertiary/aromatic N) is 2. The van der Waals surface area contributed by atoms with Crippen LogP contribution in [-0.4, -0.2) is 83.0 Å². The van der Waals surface area contributed by atoms with Crippen LogP contribution in [0.4, 0.5) is 5.69 Å². The van der Waals surface area contributed by atoms with Gasteiger partial charge in [-0.15, -0.1) is 0 Å². The molecule has 2 amide bonds. The minimum atomic E-state index is -1.05. The molecule has 2 aliphatic rings. The Morgan fingerprint density at radius 2 is 1.82 bits per heavy atom. The van der Waals surface area contributed by atoms with E-state index in [1.54, 1.807) is 12.1 Å². The number of nitrogens with one attached hydrogen (secondary N) is 1. The molecule has 3 aromatic rings. The van der Waals surface area contributed by atoms with Crippen LogP contribution in [0, 0.1) is 0 Å². The monoisotopic (exact) mass is 685 g/mol. The van der Waals surface area contributed by atoms with Crippen molar-refractivity contribution in [3.05, 3.63) is 86.7 Å². The van der Waals surface area contributed by atoms with Crippen LogP contribution >= 0.6 is 47.2 Å². The maximum absolute atomic E-state index is 13.4. The molecule has 0 atom stereocenters. The first-order chi connectivity index (χ1) is 21.7. The molecule has 13 heteroatoms. The van der Waals surface area contributed by atoms with E-state index < -0.39 is 5.97 Å². The van der Waals surface area contributed by atoms with Crippen LogP contribution in [0.5, 0.6) is 5.75 Å². The Balaban J connectivity index is 1.31. The molecule has 0 aromatic heterocycles. The topological polar surface area (TPSA) is 108 Å². The van der Waals surface area contributed by atoms with Crippen molar-refractivity contribution in [3.63, 3.8) is 0 Å². The van der Waals surface area contributed by atoms with Gasteiger partial charge < -0.3 is 19.9 Å². The third-order valence-electron chi connectivity index (χ3n) is 7.18. The van der Waals surface area contributed by atoms with Gasteiger partial charge in [-0.25, -0.2) is 4.79 Å². The zero-order valence-electron chi connectivity index (χ0n) is 24.0. The lowest BCUT2D eigenvalue weighted by molar-refractivity contribution is -0.122. The van der Waals surface area contributed by atoms with E-state index in [1.807, 2.05) is 30.3 Å². The standard InChI is InChI=1S/C32H29Cl2N3O6S2/c33-25-3-1-2-24(29(25)34)21-6-9-26(43-17-14-36-12-15-42-16-13-36)22(18-21)19-27-30(39)37(32(44)45-27)11-10-28(38)35-23-7-4-20(5-8-23)31(40)41/h1-9,18-19H,10-17H2,(H,35,38)(H,40,41)/b27-19-. The first-order valence-electron chi connectivity index (χ1n) is 14.1. The Kier molecular flexibility index (Phi) is 11.1. The number of carboxylic acid groups (broad SMARTS) is 1. The highest BCUT2D eigenvalue weighted by Gasteiger charge is 2.32. The summed E-state index contributed by atoms with van der Waals surface area (Å²) in [6, 6.07) is 16.9. The van der Waals surface area contributed by atoms with Gasteiger partial charge in [0.05, 0.1) is 33.7 Å². The van der Waals surface area contributed by atoms with Crippen molar-refractivity contribution in [2.24, 2.45) is 0 Å². The summed E-state index contributed by atoms with van der Waals surface area (Å²) in [5, 5.41) is 12.6. The van der Waals surface area contributed by atoms with Crippen LogP contribution in [0.15, 0.2) is 65.6 Å². The second kappa shape index (κ2) is 15.2. The number of thioether (sulfide) groups is 1. The van der Waals surface area contributed by atoms with E-state index in [-0.39, 0.29) is 30.3 Å². The zero-order chi connectivity index (χ0) is 31.9. The lowest BCUT2D eigenvalue weighted by Gasteiger charge is -2.26. The highest BCUT2D eigenvalue weighted by molar-refractivity contribution is 8.26. The number of morpholine rings is 1. The molecule has 0 saturated carbocycles. The maximum atomic E-state index is 13.4. The van der Waals surface area contributed by atoms with Crippen molar-refractivity contribution < 1.29 is 29.0 Å². The number of hydrogen-bond donors (Lipinski definition) is 2. The Labute approximate surface area is 280 Å². The molecule has 0 bridgehead atoms. The Bertz CT molecular complexity index is 1640. The Morgan fingerprint density at radius 3 is 2.56 bits per heavy atom. The van der Waals surface area contributed by atoms with E-state index in [0.29, 0.717) is 56.1 Å². The number of aromatic carboxylic acids is 1. The van der Waals surface area contributed by atoms with E-state index in [0.717, 1.165) is 42.5 Å². The number of anilines is 1. The van der Waals surface area contributed by atoms with Gasteiger partial charge in [0, 0.05) is 49.4 Å². The van der Waals surface area contributed by atoms with Crippen LogP contribution < -0.4 is 10.1 Å². The van der Waals surface area contributed by atoms with Crippen molar-refractivity contribution in [1.82, 2.24) is 9.80 Å². The second-order valence-electron chi connectivity index (χ2n) is 10.2. The third kappa shape index (κ3) is 8.43. The highest BCUT2D eigenvalue weighted by Crippen LogP contribution is 2.38. The lowest BCUT2D eigenvalue weighted by atomic mass is 10.0. The van der Waals surface area contributed by atoms with Gasteiger partial charge in [0.15, 0.2) is 0 Å². The fourth-order valence-corrected chi connectivity index (χ4v) is 6.47. The summed E-state index contributed by atoms with van der Waals surface area (Å²) in [4.78, 5) is 41.1. The van der Waals surface area contributed by atoms with Crippen molar-refractivity contribution in [2.45, 2.75) is 6.42 Å². The van der Waals surface area contributed by atoms with Crippen molar-refractivity contribution >= 4 is 81.0 Å². The van der Waals surface area contributed by atoms with Crippen LogP contribution in [0.3, 0.4) is 0 Å². The van der Waals surface area contributed by atoms with Gasteiger partial charge in [-0.05, 0) is 54.1 Å². The van der Waals surface area contributed by atoms with E-state index in [1.165, 1.54) is 29.2 Å². The van der Waals surface area contributed by atoms with Gasteiger partial charge in [0.2, 0.25) is 5.91 Å². The number of ether oxygens (including phenoxy) is 2. The number of hydrogen-bond acceptors (Lipinski definition) is 8. The smallest absolute Gasteiger partial charge is 0.335 e. The summed E-state index contributed by atoms with van der Waals surface area (Å²) in [6.07, 6.45) is 1.74. The van der Waals surface area contributed by atoms with Gasteiger partial charge in [0.1, 0.15) is 16.7 Å². The quantitative estimate of drug-likeness (QED) is 0.178. The van der Waals surface area contributed by atoms with Crippen molar-refractivity contribution in [1.29, 1.82) is 0 Å². The molecule has 0 radical (unpaired) electrons. The molecule has 45 heavy (non-hydrogen) atoms. The predicted octanol–water partition coefficient (Wildman–Crippen LogP) is 6.30. The lowest BCUT2D eigenvalue weighted by Crippen LogP contribution is -2.38. The highest BCUT2D eigenvalue weighted by atomic mass is 35.5. The minimum Gasteiger partial charge on any atom is -0.492 e. The van der Waals surface area contributed by atoms with E-state index in [2.05, 4.69) is 10.2 Å². The number of rotatable bonds is 11. The minimum absolute atomic E-state index is 0.000939. The molecule has 9 nitrogen and oxygen atoms in total. The average molecular weight is 687 g/mol. The van der Waals surface area contributed by atoms with E-state index in [9.17, 15) is 14.4 Å². The van der Waals surface area contributed by atoms with Crippen molar-refractivity contribution in [3.8, 4) is 16.9 Å². The third-order valence-corrected chi connectivity index (χ3v) is 9.38. The Hall–Kier alpha value is -3.45. The fraction of sp³-hybridized carbons (Fsp3) is 0.250. The molecule has 2 aliphatic heterocycles. The average Bonchev–Trinajstić information content (AvgIpc) is 3.30. The fourth-order valence-electron chi connectivity index (χ4n) is 4.76. The van der Waals surface area contributed by atoms with Gasteiger partial charge in [-0.3, -0.25) is 19.4 Å². The number of carbonyl (C=O) groups is 3. The van der Waals surface area contributed by atoms with Crippen LogP contribution in [0.25, 0.3) is 17.2 Å². The molecular weight excluding hydrogens is 657 g/mol. The van der Waals surface area contributed by atoms with Crippen LogP contribution in [0.2, 0.25) is 10.0 Å². The summed E-state index contributed by atoms with van der Waals surface area (Å²) < 4.78 is 12.0. The summed E-state index contributed by atoms with van der Waals surface area (Å²) in [6.45, 7) is 4.36. The van der Waals surface area contributed by atoms with E-state index in [4.69, 9.17) is 50.0 Å². The summed E-state index contributed by atoms with van der Waals surface area (Å²) in [7, 11) is 0. The van der Waals surface area contributed by atoms with Crippen LogP contribution in [0.1, 0.15) is 22.3 Å². The Morgan fingerprint density at radius 1 is 1.07 bits per heavy atom. The summed E-state index contributed by atoms with van der Waals surface area (Å²) in [5.74, 6) is -1.10. The molecule has 2 heterocycles. The molecule has 234 valence electrons. The number of carbonyl (C=O) groups excluding carboxylic acids is 2. The molecular formula is C32H29Cl2N3O6S2. The first-order valence-corrected chi connectivity index (χ1v) is 16.1. The number of thiocarbonyl (C=S) groups is 1. The normalized spacial score (nSPS) is 16.3. The molecule has 5 rings (SSSR count). The van der Waals surface area contributed by atoms with Gasteiger partial charge in [-0.1, -0.05) is 65.4 Å². The number of benzene rings is 3. The van der Waals surface area contributed by atoms with E-state index >= 15 is 0 Å². The summed E-state index contributed by atoms with van der Waals surface area (Å²) in [5.41, 5.74) is 2.79. The molecule has 0 spiro atoms. The number of halogens is 2. The van der Waals surface area contributed by atoms with Gasteiger partial charge in [0.25, 0.3) is 5.91 Å². The largest absolute Gasteiger partial charge is 0.492 e. The van der Waals surface area contributed by atoms with Gasteiger partial charge >= 0.3 is 5.97 Å². The maximum Gasteiger partial charge on any atom is 0.335 e. The van der Waals surface area contributed by atoms with Crippen molar-refractivity contribution in [2.75, 3.05) is 51.3 Å². The molecule has 2 N–H and O–H groups in total. The molecule has 0 unspecified atom stereocenters. The SMILES string of the molecule is O=C(CCN1C(=O)/C(=C/c2cc(-c3cccc(Cl)c3Cl)ccc2OCCN2CCOCC2)SC1=S)Nc1ccc(C(=O)O)cc1. The number of carboxylic acids is 1.